The van der Waals surface area contributed by atoms with Gasteiger partial charge in [-0.25, -0.2) is 4.31 Å². The van der Waals surface area contributed by atoms with Crippen molar-refractivity contribution in [2.75, 3.05) is 0 Å². The Morgan fingerprint density at radius 3 is 3.30 bits per heavy atom. The Labute approximate surface area is 63.8 Å². The highest BCUT2D eigenvalue weighted by atomic mass is 32.2. The fourth-order valence-electron chi connectivity index (χ4n) is 0.764. The van der Waals surface area contributed by atoms with Crippen LogP contribution in [0.2, 0.25) is 0 Å². The molecule has 0 aromatic rings. The lowest BCUT2D eigenvalue weighted by Crippen LogP contribution is -2.33. The van der Waals surface area contributed by atoms with Gasteiger partial charge in [-0.15, -0.1) is 5.48 Å². The topological polar surface area (TPSA) is 24.5 Å². The van der Waals surface area contributed by atoms with Crippen molar-refractivity contribution in [1.82, 2.24) is 9.79 Å². The maximum absolute atomic E-state index is 4.82. The molecule has 2 heterocycles. The first-order valence-electron chi connectivity index (χ1n) is 2.92. The normalized spacial score (nSPS) is 31.4. The van der Waals surface area contributed by atoms with Crippen LogP contribution in [0.5, 0.6) is 0 Å². The van der Waals surface area contributed by atoms with Crippen LogP contribution in [-0.4, -0.2) is 10.5 Å². The van der Waals surface area contributed by atoms with Crippen molar-refractivity contribution >= 4 is 11.9 Å². The fourth-order valence-corrected chi connectivity index (χ4v) is 1.38. The molecule has 4 heteroatoms. The first kappa shape index (κ1) is 6.27. The van der Waals surface area contributed by atoms with Gasteiger partial charge in [-0.1, -0.05) is 6.08 Å². The summed E-state index contributed by atoms with van der Waals surface area (Å²) in [6, 6.07) is 0. The molecule has 3 nitrogen and oxygen atoms in total. The molecule has 1 unspecified atom stereocenters. The van der Waals surface area contributed by atoms with Crippen molar-refractivity contribution in [3.05, 3.63) is 30.4 Å². The van der Waals surface area contributed by atoms with Crippen molar-refractivity contribution in [2.45, 2.75) is 6.17 Å². The summed E-state index contributed by atoms with van der Waals surface area (Å²) in [4.78, 5) is 4.82. The molecule has 2 aliphatic rings. The van der Waals surface area contributed by atoms with Crippen LogP contribution in [0.25, 0.3) is 0 Å². The molecular weight excluding hydrogens is 148 g/mol. The maximum atomic E-state index is 4.82. The molecular formula is C6H6N2OS. The number of rotatable bonds is 1. The Bertz CT molecular complexity index is 173. The minimum absolute atomic E-state index is 0.125. The second-order valence-corrected chi connectivity index (χ2v) is 2.75. The molecule has 0 saturated carbocycles. The van der Waals surface area contributed by atoms with E-state index >= 15 is 0 Å². The van der Waals surface area contributed by atoms with E-state index < -0.39 is 0 Å². The number of hydrogen-bond acceptors (Lipinski definition) is 4. The first-order chi connectivity index (χ1) is 4.97. The smallest absolute Gasteiger partial charge is 0.127 e. The summed E-state index contributed by atoms with van der Waals surface area (Å²) in [5, 5.41) is 1.97. The SMILES string of the molecule is [C]1C=CSN1C1C=CON1. The maximum Gasteiger partial charge on any atom is 0.127 e. The molecule has 0 amide bonds. The third-order valence-electron chi connectivity index (χ3n) is 1.21. The molecule has 0 aromatic carbocycles. The van der Waals surface area contributed by atoms with E-state index in [4.69, 9.17) is 4.84 Å². The molecule has 52 valence electrons. The molecule has 0 saturated heterocycles. The van der Waals surface area contributed by atoms with Gasteiger partial charge in [0.2, 0.25) is 0 Å². The molecule has 2 rings (SSSR count). The van der Waals surface area contributed by atoms with Gasteiger partial charge in [-0.05, 0) is 23.4 Å². The van der Waals surface area contributed by atoms with Gasteiger partial charge < -0.3 is 4.84 Å². The monoisotopic (exact) mass is 154 g/mol. The van der Waals surface area contributed by atoms with Gasteiger partial charge in [0.15, 0.2) is 0 Å². The fraction of sp³-hybridized carbons (Fsp3) is 0.167. The Morgan fingerprint density at radius 2 is 2.70 bits per heavy atom. The highest BCUT2D eigenvalue weighted by molar-refractivity contribution is 8.00. The van der Waals surface area contributed by atoms with Gasteiger partial charge >= 0.3 is 0 Å². The van der Waals surface area contributed by atoms with Crippen LogP contribution in [-0.2, 0) is 4.84 Å². The second-order valence-electron chi connectivity index (χ2n) is 1.87. The van der Waals surface area contributed by atoms with Crippen molar-refractivity contribution in [2.24, 2.45) is 0 Å². The van der Waals surface area contributed by atoms with E-state index in [9.17, 15) is 0 Å². The summed E-state index contributed by atoms with van der Waals surface area (Å²) in [7, 11) is 0. The van der Waals surface area contributed by atoms with Crippen LogP contribution >= 0.6 is 11.9 Å². The van der Waals surface area contributed by atoms with E-state index in [1.165, 1.54) is 0 Å². The van der Waals surface area contributed by atoms with E-state index in [2.05, 4.69) is 12.0 Å². The zero-order valence-corrected chi connectivity index (χ0v) is 5.97. The molecule has 1 atom stereocenters. The van der Waals surface area contributed by atoms with Crippen molar-refractivity contribution < 1.29 is 4.84 Å². The molecule has 2 aliphatic heterocycles. The lowest BCUT2D eigenvalue weighted by molar-refractivity contribution is 0.116. The van der Waals surface area contributed by atoms with Gasteiger partial charge in [0.25, 0.3) is 0 Å². The summed E-state index contributed by atoms with van der Waals surface area (Å²) in [5.74, 6) is 0. The van der Waals surface area contributed by atoms with Crippen molar-refractivity contribution in [1.29, 1.82) is 0 Å². The van der Waals surface area contributed by atoms with Crippen LogP contribution in [0, 0.1) is 6.54 Å². The lowest BCUT2D eigenvalue weighted by Gasteiger charge is -2.17. The average Bonchev–Trinajstić information content (AvgIpc) is 2.59. The third kappa shape index (κ3) is 1.05. The minimum Gasteiger partial charge on any atom is -0.415 e. The molecule has 0 fully saturated rings. The molecule has 10 heavy (non-hydrogen) atoms. The number of hydrogen-bond donors (Lipinski definition) is 1. The van der Waals surface area contributed by atoms with E-state index in [1.807, 2.05) is 21.9 Å². The summed E-state index contributed by atoms with van der Waals surface area (Å²) < 4.78 is 1.93. The van der Waals surface area contributed by atoms with E-state index in [1.54, 1.807) is 18.2 Å². The van der Waals surface area contributed by atoms with E-state index in [-0.39, 0.29) is 6.17 Å². The van der Waals surface area contributed by atoms with Crippen LogP contribution < -0.4 is 5.48 Å². The van der Waals surface area contributed by atoms with Gasteiger partial charge in [0.05, 0.1) is 0 Å². The Kier molecular flexibility index (Phi) is 1.66. The van der Waals surface area contributed by atoms with Gasteiger partial charge in [0, 0.05) is 0 Å². The predicted octanol–water partition coefficient (Wildman–Crippen LogP) is 0.877. The molecule has 1 N–H and O–H groups in total. The lowest BCUT2D eigenvalue weighted by atomic mass is 10.5. The minimum atomic E-state index is 0.125. The molecule has 0 bridgehead atoms. The summed E-state index contributed by atoms with van der Waals surface area (Å²) in [6.07, 6.45) is 5.55. The second kappa shape index (κ2) is 2.65. The summed E-state index contributed by atoms with van der Waals surface area (Å²) in [6.45, 7) is 3.02. The van der Waals surface area contributed by atoms with Crippen LogP contribution in [0.4, 0.5) is 0 Å². The largest absolute Gasteiger partial charge is 0.415 e. The number of hydroxylamine groups is 1. The van der Waals surface area contributed by atoms with Gasteiger partial charge in [-0.3, -0.25) is 0 Å². The summed E-state index contributed by atoms with van der Waals surface area (Å²) in [5.41, 5.74) is 2.79. The predicted molar refractivity (Wildman–Crippen MR) is 39.0 cm³/mol. The van der Waals surface area contributed by atoms with Crippen LogP contribution in [0.15, 0.2) is 23.8 Å². The number of nitrogens with zero attached hydrogens (tertiary/aromatic N) is 1. The van der Waals surface area contributed by atoms with Crippen LogP contribution in [0.1, 0.15) is 0 Å². The van der Waals surface area contributed by atoms with Gasteiger partial charge in [0.1, 0.15) is 19.0 Å². The zero-order chi connectivity index (χ0) is 6.81. The zero-order valence-electron chi connectivity index (χ0n) is 5.15. The van der Waals surface area contributed by atoms with Crippen molar-refractivity contribution in [3.8, 4) is 0 Å². The first-order valence-corrected chi connectivity index (χ1v) is 3.75. The molecule has 2 radical (unpaired) electrons. The highest BCUT2D eigenvalue weighted by Gasteiger charge is 2.21. The Balaban J connectivity index is 1.93. The van der Waals surface area contributed by atoms with Crippen molar-refractivity contribution in [3.63, 3.8) is 0 Å². The third-order valence-corrected chi connectivity index (χ3v) is 2.03. The number of nitrogens with one attached hydrogen (secondary N) is 1. The average molecular weight is 154 g/mol. The van der Waals surface area contributed by atoms with Gasteiger partial charge in [-0.2, -0.15) is 0 Å². The van der Waals surface area contributed by atoms with Crippen LogP contribution in [0.3, 0.4) is 0 Å². The molecule has 0 aliphatic carbocycles. The Hall–Kier alpha value is -0.450. The molecule has 0 aromatic heterocycles. The quantitative estimate of drug-likeness (QED) is 0.566. The highest BCUT2D eigenvalue weighted by Crippen LogP contribution is 2.24. The molecule has 0 spiro atoms. The standard InChI is InChI=1S/C6H6N2OS/c1-3-8(10-5-1)6-2-4-9-7-6/h1-2,4-7H. The van der Waals surface area contributed by atoms with E-state index in [0.717, 1.165) is 0 Å². The summed E-state index contributed by atoms with van der Waals surface area (Å²) >= 11 is 1.59. The Morgan fingerprint density at radius 1 is 1.70 bits per heavy atom. The van der Waals surface area contributed by atoms with E-state index in [0.29, 0.717) is 0 Å².